The number of hydrogen-bond donors (Lipinski definition) is 1. The molecule has 0 radical (unpaired) electrons. The zero-order valence-corrected chi connectivity index (χ0v) is 38.0. The number of hydrogen-bond acceptors (Lipinski definition) is 8. The Morgan fingerprint density at radius 2 is 1.14 bits per heavy atom. The smallest absolute Gasteiger partial charge is 0.462 e. The highest BCUT2D eigenvalue weighted by Gasteiger charge is 2.36. The van der Waals surface area contributed by atoms with Gasteiger partial charge in [0.1, 0.15) is 19.8 Å². The van der Waals surface area contributed by atoms with Crippen molar-refractivity contribution in [1.82, 2.24) is 0 Å². The van der Waals surface area contributed by atoms with Crippen LogP contribution in [0.25, 0.3) is 0 Å². The van der Waals surface area contributed by atoms with Gasteiger partial charge in [0.05, 0.1) is 40.0 Å². The summed E-state index contributed by atoms with van der Waals surface area (Å²) < 4.78 is 39.8. The zero-order chi connectivity index (χ0) is 43.3. The summed E-state index contributed by atoms with van der Waals surface area (Å²) in [5.74, 6) is -0.957. The molecule has 0 saturated carbocycles. The second kappa shape index (κ2) is 35.6. The second-order valence-electron chi connectivity index (χ2n) is 15.7. The molecule has 1 aliphatic rings. The van der Waals surface area contributed by atoms with Crippen molar-refractivity contribution in [2.75, 3.05) is 47.5 Å². The van der Waals surface area contributed by atoms with E-state index in [9.17, 15) is 19.0 Å². The van der Waals surface area contributed by atoms with Crippen molar-refractivity contribution in [1.29, 1.82) is 0 Å². The third kappa shape index (κ3) is 36.5. The van der Waals surface area contributed by atoms with E-state index in [2.05, 4.69) is 98.9 Å². The van der Waals surface area contributed by atoms with E-state index >= 15 is 0 Å². The summed E-state index contributed by atoms with van der Waals surface area (Å²) in [6, 6.07) is 0. The van der Waals surface area contributed by atoms with Crippen LogP contribution < -0.4 is 0 Å². The van der Waals surface area contributed by atoms with Crippen LogP contribution in [0.15, 0.2) is 97.2 Å². The normalized spacial score (nSPS) is 17.9. The lowest BCUT2D eigenvalue weighted by atomic mass is 10.1. The summed E-state index contributed by atoms with van der Waals surface area (Å²) in [7, 11) is 1.39. The zero-order valence-electron chi connectivity index (χ0n) is 37.1. The van der Waals surface area contributed by atoms with Crippen LogP contribution in [0.2, 0.25) is 0 Å². The lowest BCUT2D eigenvalue weighted by Gasteiger charge is -2.24. The number of allylic oxidation sites excluding steroid dienone is 14. The van der Waals surface area contributed by atoms with Crippen LogP contribution in [0.4, 0.5) is 0 Å². The third-order valence-electron chi connectivity index (χ3n) is 9.01. The average molecular weight is 845 g/mol. The highest BCUT2D eigenvalue weighted by atomic mass is 31.2. The van der Waals surface area contributed by atoms with Crippen LogP contribution in [0.3, 0.4) is 0 Å². The van der Waals surface area contributed by atoms with Gasteiger partial charge in [0.15, 0.2) is 6.10 Å². The van der Waals surface area contributed by atoms with Crippen LogP contribution in [0, 0.1) is 0 Å². The Balaban J connectivity index is 2.36. The molecular formula is C48H79NO9P+. The van der Waals surface area contributed by atoms with E-state index in [-0.39, 0.29) is 26.1 Å². The first-order valence-corrected chi connectivity index (χ1v) is 23.6. The van der Waals surface area contributed by atoms with E-state index in [0.29, 0.717) is 36.1 Å². The molecule has 3 unspecified atom stereocenters. The van der Waals surface area contributed by atoms with Gasteiger partial charge in [-0.1, -0.05) is 124 Å². The maximum Gasteiger partial charge on any atom is 0.472 e. The number of phosphoric acid groups is 1. The lowest BCUT2D eigenvalue weighted by molar-refractivity contribution is -0.870. The summed E-state index contributed by atoms with van der Waals surface area (Å²) in [5, 5.41) is 0. The molecule has 59 heavy (non-hydrogen) atoms. The van der Waals surface area contributed by atoms with Crippen LogP contribution in [-0.4, -0.2) is 87.1 Å². The largest absolute Gasteiger partial charge is 0.472 e. The van der Waals surface area contributed by atoms with Gasteiger partial charge in [-0.05, 0) is 89.9 Å². The second-order valence-corrected chi connectivity index (χ2v) is 17.2. The summed E-state index contributed by atoms with van der Waals surface area (Å²) in [5.41, 5.74) is 0. The molecule has 0 aromatic heterocycles. The Morgan fingerprint density at radius 1 is 0.627 bits per heavy atom. The van der Waals surface area contributed by atoms with Crippen LogP contribution in [-0.2, 0) is 37.4 Å². The van der Waals surface area contributed by atoms with E-state index in [1.165, 1.54) is 19.3 Å². The quantitative estimate of drug-likeness (QED) is 0.0163. The van der Waals surface area contributed by atoms with Gasteiger partial charge in [-0.2, -0.15) is 0 Å². The van der Waals surface area contributed by atoms with Crippen molar-refractivity contribution in [3.8, 4) is 0 Å². The van der Waals surface area contributed by atoms with Crippen molar-refractivity contribution in [2.24, 2.45) is 0 Å². The van der Waals surface area contributed by atoms with E-state index < -0.39 is 32.5 Å². The SMILES string of the molecule is CC/C=C\CC1OC1C/C=C\C/C=C\C/C=C\C/C=C\CCC(=O)OC[C@H](COP(=O)(O)OCC[N+](C)(C)C)OC(=O)CCCC/C=C\C/C=C\C/C=C\CCCCC. The highest BCUT2D eigenvalue weighted by Crippen LogP contribution is 2.43. The van der Waals surface area contributed by atoms with Gasteiger partial charge in [0.2, 0.25) is 0 Å². The maximum absolute atomic E-state index is 12.7. The number of phosphoric ester groups is 1. The Hall–Kier alpha value is -3.11. The Labute approximate surface area is 358 Å². The molecule has 1 rings (SSSR count). The third-order valence-corrected chi connectivity index (χ3v) is 10.00. The molecule has 0 spiro atoms. The fraction of sp³-hybridized carbons (Fsp3) is 0.625. The van der Waals surface area contributed by atoms with Crippen LogP contribution in [0.1, 0.15) is 129 Å². The number of likely N-dealkylation sites (N-methyl/N-ethyl adjacent to an activating group) is 1. The summed E-state index contributed by atoms with van der Waals surface area (Å²) in [6.45, 7) is 4.10. The first kappa shape index (κ1) is 53.9. The highest BCUT2D eigenvalue weighted by molar-refractivity contribution is 7.47. The summed E-state index contributed by atoms with van der Waals surface area (Å²) in [6.07, 6.45) is 49.4. The number of esters is 2. The number of ether oxygens (including phenoxy) is 3. The fourth-order valence-corrected chi connectivity index (χ4v) is 6.18. The van der Waals surface area contributed by atoms with Crippen molar-refractivity contribution < 1.29 is 46.8 Å². The Morgan fingerprint density at radius 3 is 1.68 bits per heavy atom. The van der Waals surface area contributed by atoms with E-state index in [0.717, 1.165) is 70.6 Å². The van der Waals surface area contributed by atoms with Crippen LogP contribution in [0.5, 0.6) is 0 Å². The number of rotatable bonds is 37. The maximum atomic E-state index is 12.7. The first-order chi connectivity index (χ1) is 28.5. The number of unbranched alkanes of at least 4 members (excludes halogenated alkanes) is 5. The van der Waals surface area contributed by atoms with E-state index in [4.69, 9.17) is 23.3 Å². The van der Waals surface area contributed by atoms with Gasteiger partial charge in [0, 0.05) is 12.8 Å². The predicted octanol–water partition coefficient (Wildman–Crippen LogP) is 11.6. The summed E-state index contributed by atoms with van der Waals surface area (Å²) in [4.78, 5) is 35.3. The predicted molar refractivity (Wildman–Crippen MR) is 242 cm³/mol. The van der Waals surface area contributed by atoms with E-state index in [1.807, 2.05) is 33.3 Å². The minimum atomic E-state index is -4.41. The molecule has 10 nitrogen and oxygen atoms in total. The van der Waals surface area contributed by atoms with Gasteiger partial charge < -0.3 is 23.6 Å². The minimum absolute atomic E-state index is 0.00556. The van der Waals surface area contributed by atoms with E-state index in [1.54, 1.807) is 0 Å². The molecule has 0 aromatic rings. The number of quaternary nitrogens is 1. The molecule has 1 saturated heterocycles. The van der Waals surface area contributed by atoms with Crippen molar-refractivity contribution in [3.63, 3.8) is 0 Å². The number of nitrogens with zero attached hydrogens (tertiary/aromatic N) is 1. The molecule has 0 bridgehead atoms. The first-order valence-electron chi connectivity index (χ1n) is 22.1. The van der Waals surface area contributed by atoms with Crippen LogP contribution >= 0.6 is 7.82 Å². The molecule has 334 valence electrons. The fourth-order valence-electron chi connectivity index (χ4n) is 5.44. The number of epoxide rings is 1. The van der Waals surface area contributed by atoms with Gasteiger partial charge >= 0.3 is 19.8 Å². The Kier molecular flexibility index (Phi) is 32.6. The molecule has 0 aromatic carbocycles. The van der Waals surface area contributed by atoms with Gasteiger partial charge in [-0.3, -0.25) is 18.6 Å². The topological polar surface area (TPSA) is 121 Å². The van der Waals surface area contributed by atoms with Crippen molar-refractivity contribution in [3.05, 3.63) is 97.2 Å². The van der Waals surface area contributed by atoms with Crippen molar-refractivity contribution >= 4 is 19.8 Å². The molecule has 0 amide bonds. The molecular weight excluding hydrogens is 765 g/mol. The molecule has 11 heteroatoms. The van der Waals surface area contributed by atoms with Gasteiger partial charge in [-0.15, -0.1) is 0 Å². The number of carbonyl (C=O) groups is 2. The summed E-state index contributed by atoms with van der Waals surface area (Å²) >= 11 is 0. The number of carbonyl (C=O) groups excluding carboxylic acids is 2. The Bertz CT molecular complexity index is 1390. The monoisotopic (exact) mass is 845 g/mol. The molecule has 1 aliphatic heterocycles. The average Bonchev–Trinajstić information content (AvgIpc) is 3.94. The van der Waals surface area contributed by atoms with Gasteiger partial charge in [0.25, 0.3) is 0 Å². The van der Waals surface area contributed by atoms with Crippen molar-refractivity contribution in [2.45, 2.75) is 148 Å². The molecule has 1 fully saturated rings. The molecule has 4 atom stereocenters. The molecule has 1 N–H and O–H groups in total. The molecule has 0 aliphatic carbocycles. The minimum Gasteiger partial charge on any atom is -0.462 e. The molecule has 1 heterocycles. The van der Waals surface area contributed by atoms with Gasteiger partial charge in [-0.25, -0.2) is 4.57 Å². The lowest BCUT2D eigenvalue weighted by Crippen LogP contribution is -2.37. The standard InChI is InChI=1S/C48H78NO9P/c1-6-8-10-11-12-13-14-15-16-17-22-25-28-31-35-39-48(51)57-44(43-56-59(52,53)55-41-40-49(3,4)5)42-54-47(50)38-34-30-27-24-21-19-18-20-23-26-29-33-37-46-45(58-46)36-32-9-7-2/h9,12-13,15-16,19-23,25,27,29-30,32-33,44-46H,6-8,10-11,14,17-18,24,26,28,31,34-43H2,1-5H3/p+1/b13-12-,16-15-,21-19-,23-20-,25-22-,30-27-,32-9-,33-29-/t44-,45?,46?/m1/s1.